The van der Waals surface area contributed by atoms with E-state index < -0.39 is 16.9 Å². The molecule has 4 aromatic rings. The van der Waals surface area contributed by atoms with Gasteiger partial charge in [0.2, 0.25) is 5.91 Å². The second-order valence-electron chi connectivity index (χ2n) is 19.9. The molecule has 15 nitrogen and oxygen atoms in total. The topological polar surface area (TPSA) is 152 Å². The highest BCUT2D eigenvalue weighted by molar-refractivity contribution is 5.88. The summed E-state index contributed by atoms with van der Waals surface area (Å²) in [6.45, 7) is 15.2. The molecule has 1 N–H and O–H groups in total. The summed E-state index contributed by atoms with van der Waals surface area (Å²) < 4.78 is 14.8. The molecule has 356 valence electrons. The van der Waals surface area contributed by atoms with Crippen LogP contribution in [0.4, 0.5) is 4.79 Å². The van der Waals surface area contributed by atoms with E-state index in [1.807, 2.05) is 54.3 Å². The Balaban J connectivity index is 0.888. The molecule has 5 aliphatic rings. The Hall–Kier alpha value is -5.80. The van der Waals surface area contributed by atoms with Gasteiger partial charge in [0.05, 0.1) is 28.1 Å². The molecule has 15 heteroatoms. The Labute approximate surface area is 392 Å². The van der Waals surface area contributed by atoms with Crippen molar-refractivity contribution in [1.29, 1.82) is 0 Å². The van der Waals surface area contributed by atoms with Gasteiger partial charge in [0.1, 0.15) is 6.04 Å². The number of hydrogen-bond donors (Lipinski definition) is 1. The minimum atomic E-state index is -0.816. The van der Waals surface area contributed by atoms with E-state index in [9.17, 15) is 24.0 Å². The van der Waals surface area contributed by atoms with Crippen LogP contribution < -0.4 is 10.9 Å². The molecule has 9 rings (SSSR count). The highest BCUT2D eigenvalue weighted by atomic mass is 16.5. The van der Waals surface area contributed by atoms with Crippen molar-refractivity contribution >= 4 is 45.7 Å². The van der Waals surface area contributed by atoms with Gasteiger partial charge in [0.25, 0.3) is 5.56 Å². The average Bonchev–Trinajstić information content (AvgIpc) is 4.27. The summed E-state index contributed by atoms with van der Waals surface area (Å²) in [7, 11) is 2.17. The number of piperidine rings is 2. The van der Waals surface area contributed by atoms with Crippen molar-refractivity contribution in [2.45, 2.75) is 109 Å². The van der Waals surface area contributed by atoms with Crippen LogP contribution in [0.25, 0.3) is 21.8 Å². The second kappa shape index (κ2) is 19.4. The number of piperazine rings is 1. The van der Waals surface area contributed by atoms with Gasteiger partial charge in [0, 0.05) is 62.7 Å². The van der Waals surface area contributed by atoms with Gasteiger partial charge < -0.3 is 29.5 Å². The molecule has 0 unspecified atom stereocenters. The summed E-state index contributed by atoms with van der Waals surface area (Å²) in [6.07, 6.45) is 13.2. The number of ether oxygens (including phenoxy) is 2. The molecular formula is C52H66N8O7. The number of allylic oxidation sites excluding steroid dienone is 2. The molecule has 2 aromatic heterocycles. The molecule has 0 bridgehead atoms. The first-order valence-electron chi connectivity index (χ1n) is 24.3. The molecular weight excluding hydrogens is 849 g/mol. The number of likely N-dealkylation sites (tertiary alicyclic amines) is 2. The minimum Gasteiger partial charge on any atom is -0.443 e. The smallest absolute Gasteiger partial charge is 0.318 e. The number of aryl methyl sites for hydroxylation is 1. The van der Waals surface area contributed by atoms with E-state index >= 15 is 0 Å². The van der Waals surface area contributed by atoms with Gasteiger partial charge in [-0.3, -0.25) is 28.6 Å². The van der Waals surface area contributed by atoms with E-state index in [4.69, 9.17) is 9.47 Å². The van der Waals surface area contributed by atoms with E-state index in [2.05, 4.69) is 40.4 Å². The zero-order chi connectivity index (χ0) is 46.9. The molecule has 5 heterocycles. The molecule has 2 saturated carbocycles. The summed E-state index contributed by atoms with van der Waals surface area (Å²) in [6, 6.07) is 13.0. The third-order valence-electron chi connectivity index (χ3n) is 15.4. The summed E-state index contributed by atoms with van der Waals surface area (Å²) in [4.78, 5) is 77.6. The first-order valence-corrected chi connectivity index (χ1v) is 24.3. The van der Waals surface area contributed by atoms with Gasteiger partial charge in [0.15, 0.2) is 13.5 Å². The van der Waals surface area contributed by atoms with Crippen LogP contribution in [0.5, 0.6) is 0 Å². The number of urea groups is 1. The van der Waals surface area contributed by atoms with E-state index in [1.54, 1.807) is 32.5 Å². The maximum atomic E-state index is 14.6. The van der Waals surface area contributed by atoms with Crippen LogP contribution in [0.15, 0.2) is 78.8 Å². The van der Waals surface area contributed by atoms with Crippen LogP contribution in [0, 0.1) is 17.8 Å². The number of nitrogens with zero attached hydrogens (tertiary/aromatic N) is 7. The van der Waals surface area contributed by atoms with Gasteiger partial charge in [-0.15, -0.1) is 13.2 Å². The van der Waals surface area contributed by atoms with Crippen molar-refractivity contribution in [1.82, 2.24) is 39.3 Å². The quantitative estimate of drug-likeness (QED) is 0.103. The SMILES string of the molecule is C=CCC1(C(=O)OCn2ncc3cc(C[C@@H](NC(=O)N4CCC(c5cc6ccccc6n(COC(=O)C6(CC=C)CC6)c5=O)CC4)C(=O)N4CCN(C5CCN(C)CC5)CC4)cc(C)c32)CC1. The average molecular weight is 915 g/mol. The maximum absolute atomic E-state index is 14.6. The van der Waals surface area contributed by atoms with Crippen LogP contribution in [-0.2, 0) is 43.7 Å². The van der Waals surface area contributed by atoms with Crippen molar-refractivity contribution < 1.29 is 28.7 Å². The lowest BCUT2D eigenvalue weighted by atomic mass is 9.89. The largest absolute Gasteiger partial charge is 0.443 e. The monoisotopic (exact) mass is 915 g/mol. The summed E-state index contributed by atoms with van der Waals surface area (Å²) in [5.41, 5.74) is 2.81. The van der Waals surface area contributed by atoms with Crippen LogP contribution in [0.1, 0.15) is 86.8 Å². The van der Waals surface area contributed by atoms with Crippen molar-refractivity contribution in [3.63, 3.8) is 0 Å². The third kappa shape index (κ3) is 9.81. The lowest BCUT2D eigenvalue weighted by Gasteiger charge is -2.43. The number of carbonyl (C=O) groups is 4. The van der Waals surface area contributed by atoms with Crippen molar-refractivity contribution in [3.8, 4) is 0 Å². The fourth-order valence-electron chi connectivity index (χ4n) is 10.9. The van der Waals surface area contributed by atoms with Gasteiger partial charge in [-0.25, -0.2) is 9.48 Å². The number of pyridine rings is 1. The summed E-state index contributed by atoms with van der Waals surface area (Å²) in [5, 5.41) is 9.47. The number of fused-ring (bicyclic) bond motifs is 2. The molecule has 2 aromatic carbocycles. The second-order valence-corrected chi connectivity index (χ2v) is 19.9. The number of aromatic nitrogens is 3. The Morgan fingerprint density at radius 3 is 2.09 bits per heavy atom. The molecule has 0 radical (unpaired) electrons. The van der Waals surface area contributed by atoms with E-state index in [0.29, 0.717) is 69.0 Å². The lowest BCUT2D eigenvalue weighted by molar-refractivity contribution is -0.155. The fraction of sp³-hybridized carbons (Fsp3) is 0.538. The lowest BCUT2D eigenvalue weighted by Crippen LogP contribution is -2.59. The normalized spacial score (nSPS) is 20.3. The predicted octanol–water partition coefficient (Wildman–Crippen LogP) is 6.11. The highest BCUT2D eigenvalue weighted by Crippen LogP contribution is 2.51. The van der Waals surface area contributed by atoms with Crippen molar-refractivity contribution in [2.24, 2.45) is 10.8 Å². The zero-order valence-electron chi connectivity index (χ0n) is 39.3. The Morgan fingerprint density at radius 1 is 0.806 bits per heavy atom. The predicted molar refractivity (Wildman–Crippen MR) is 256 cm³/mol. The number of carbonyl (C=O) groups excluding carboxylic acids is 4. The Morgan fingerprint density at radius 2 is 1.45 bits per heavy atom. The van der Waals surface area contributed by atoms with Crippen LogP contribution in [0.3, 0.4) is 0 Å². The van der Waals surface area contributed by atoms with Crippen LogP contribution >= 0.6 is 0 Å². The summed E-state index contributed by atoms with van der Waals surface area (Å²) in [5.74, 6) is -0.739. The number of rotatable bonds is 16. The van der Waals surface area contributed by atoms with Crippen molar-refractivity contribution in [3.05, 3.63) is 101 Å². The molecule has 0 spiro atoms. The van der Waals surface area contributed by atoms with E-state index in [0.717, 1.165) is 92.1 Å². The first kappa shape index (κ1) is 46.3. The first-order chi connectivity index (χ1) is 32.4. The Bertz CT molecular complexity index is 2590. The molecule has 3 saturated heterocycles. The molecule has 3 amide bonds. The zero-order valence-corrected chi connectivity index (χ0v) is 39.3. The molecule has 1 atom stereocenters. The van der Waals surface area contributed by atoms with E-state index in [1.165, 1.54) is 0 Å². The molecule has 2 aliphatic carbocycles. The van der Waals surface area contributed by atoms with Gasteiger partial charge in [-0.1, -0.05) is 36.4 Å². The molecule has 3 aliphatic heterocycles. The number of amides is 3. The van der Waals surface area contributed by atoms with Gasteiger partial charge in [-0.05, 0) is 132 Å². The maximum Gasteiger partial charge on any atom is 0.318 e. The fourth-order valence-corrected chi connectivity index (χ4v) is 10.9. The Kier molecular flexibility index (Phi) is 13.4. The number of hydrogen-bond acceptors (Lipinski definition) is 10. The van der Waals surface area contributed by atoms with Gasteiger partial charge >= 0.3 is 18.0 Å². The number of esters is 2. The van der Waals surface area contributed by atoms with Crippen LogP contribution in [0.2, 0.25) is 0 Å². The number of benzene rings is 2. The highest BCUT2D eigenvalue weighted by Gasteiger charge is 2.51. The number of para-hydroxylation sites is 1. The third-order valence-corrected chi connectivity index (χ3v) is 15.4. The molecule has 67 heavy (non-hydrogen) atoms. The minimum absolute atomic E-state index is 0.00220. The standard InChI is InChI=1S/C52H66N8O7/c1-5-15-51(17-18-51)48(63)66-34-59-44-10-8-7-9-39(44)32-42(46(59)61)38-11-23-58(24-12-38)50(65)54-43(47(62)57-27-25-56(26-28-57)41-13-21-55(4)22-14-41)31-37-29-36(3)45-40(30-37)33-53-60(45)35-67-49(64)52(16-6-2)19-20-52/h5-10,29-30,32-33,38,41,43H,1-2,11-28,31,34-35H2,3-4H3,(H,54,65)/t43-/m1/s1. The van der Waals surface area contributed by atoms with Crippen LogP contribution in [-0.4, -0.2) is 129 Å². The number of nitrogens with one attached hydrogen (secondary N) is 1. The molecule has 5 fully saturated rings. The van der Waals surface area contributed by atoms with Gasteiger partial charge in [-0.2, -0.15) is 5.10 Å². The van der Waals surface area contributed by atoms with E-state index in [-0.39, 0.29) is 55.2 Å². The summed E-state index contributed by atoms with van der Waals surface area (Å²) >= 11 is 0. The van der Waals surface area contributed by atoms with Crippen molar-refractivity contribution in [2.75, 3.05) is 59.4 Å².